The number of carboxylic acids is 1. The summed E-state index contributed by atoms with van der Waals surface area (Å²) >= 11 is 7.18. The predicted molar refractivity (Wildman–Crippen MR) is 194 cm³/mol. The average molecular weight is 713 g/mol. The number of aliphatic hydroxyl groups excluding tert-OH is 1. The van der Waals surface area contributed by atoms with Gasteiger partial charge in [0.05, 0.1) is 55.4 Å². The lowest BCUT2D eigenvalue weighted by atomic mass is 9.98. The zero-order chi connectivity index (χ0) is 35.6. The van der Waals surface area contributed by atoms with Gasteiger partial charge in [-0.05, 0) is 43.0 Å². The van der Waals surface area contributed by atoms with Crippen LogP contribution < -0.4 is 14.2 Å². The van der Waals surface area contributed by atoms with Crippen molar-refractivity contribution in [3.05, 3.63) is 76.9 Å². The summed E-state index contributed by atoms with van der Waals surface area (Å²) in [5, 5.41) is 25.4. The van der Waals surface area contributed by atoms with Crippen molar-refractivity contribution in [2.75, 3.05) is 47.5 Å². The van der Waals surface area contributed by atoms with Crippen molar-refractivity contribution in [2.24, 2.45) is 5.92 Å². The first-order valence-corrected chi connectivity index (χ1v) is 17.4. The van der Waals surface area contributed by atoms with Gasteiger partial charge in [-0.15, -0.1) is 0 Å². The van der Waals surface area contributed by atoms with Crippen LogP contribution in [0.5, 0.6) is 17.5 Å². The van der Waals surface area contributed by atoms with E-state index in [0.717, 1.165) is 71.2 Å². The van der Waals surface area contributed by atoms with Gasteiger partial charge in [-0.2, -0.15) is 10.1 Å². The molecule has 0 unspecified atom stereocenters. The van der Waals surface area contributed by atoms with Crippen LogP contribution >= 0.6 is 11.6 Å². The lowest BCUT2D eigenvalue weighted by molar-refractivity contribution is -0.138. The van der Waals surface area contributed by atoms with Crippen molar-refractivity contribution < 1.29 is 29.2 Å². The quantitative estimate of drug-likeness (QED) is 0.165. The molecule has 0 amide bonds. The Morgan fingerprint density at radius 2 is 1.63 bits per heavy atom. The largest absolute Gasteiger partial charge is 0.496 e. The molecule has 51 heavy (non-hydrogen) atoms. The zero-order valence-electron chi connectivity index (χ0n) is 28.9. The van der Waals surface area contributed by atoms with Crippen molar-refractivity contribution in [1.82, 2.24) is 29.5 Å². The Balaban J connectivity index is 1.19. The van der Waals surface area contributed by atoms with Crippen LogP contribution in [0.3, 0.4) is 0 Å². The van der Waals surface area contributed by atoms with Crippen LogP contribution in [0, 0.1) is 5.92 Å². The molecule has 0 bridgehead atoms. The number of carbonyl (C=O) groups is 1. The van der Waals surface area contributed by atoms with Gasteiger partial charge in [0.1, 0.15) is 5.75 Å². The minimum Gasteiger partial charge on any atom is -0.496 e. The third-order valence-electron chi connectivity index (χ3n) is 9.83. The van der Waals surface area contributed by atoms with Gasteiger partial charge >= 0.3 is 5.97 Å². The maximum Gasteiger partial charge on any atom is 0.303 e. The molecule has 0 radical (unpaired) electrons. The van der Waals surface area contributed by atoms with Gasteiger partial charge in [0.25, 0.3) is 0 Å². The second kappa shape index (κ2) is 14.8. The number of carboxylic acid groups (broad SMARTS) is 1. The number of nitrogens with zero attached hydrogens (tertiary/aromatic N) is 6. The standard InChI is InChI=1S/C38H41ClN6O6/c1-49-33-17-34(42-38(51-3)30(33)22-44-15-13-25(46)21-44)45-32-9-5-6-26(29(32)18-40-45)27-7-4-8-28(36(27)39)31-11-10-24(37(41-31)50-2)20-43-14-12-23(19-43)16-35(47)48/h4-11,17-18,23,25,46H,12-16,19-22H2,1-3H3,(H,47,48)/t23-,25+/m0/s1. The second-order valence-corrected chi connectivity index (χ2v) is 13.5. The molecule has 3 aromatic heterocycles. The molecule has 2 aliphatic heterocycles. The average Bonchev–Trinajstić information content (AvgIpc) is 3.88. The van der Waals surface area contributed by atoms with E-state index in [1.807, 2.05) is 60.8 Å². The first-order chi connectivity index (χ1) is 24.8. The fraction of sp³-hybridized carbons (Fsp3) is 0.368. The maximum absolute atomic E-state index is 11.2. The number of hydrogen-bond acceptors (Lipinski definition) is 10. The molecule has 12 nitrogen and oxygen atoms in total. The molecular formula is C38H41ClN6O6. The SMILES string of the molecule is COc1cc(-n2ncc3c(-c4cccc(-c5ccc(CN6CC[C@@H](CC(=O)O)C6)c(OC)n5)c4Cl)cccc32)nc(OC)c1CN1CC[C@@H](O)C1. The number of β-amino-alcohol motifs (C(OH)–C–C–N with tert-alkyl or cyclic N) is 1. The molecule has 2 aromatic carbocycles. The summed E-state index contributed by atoms with van der Waals surface area (Å²) in [7, 11) is 4.82. The normalized spacial score (nSPS) is 18.1. The summed E-state index contributed by atoms with van der Waals surface area (Å²) < 4.78 is 19.0. The van der Waals surface area contributed by atoms with E-state index in [4.69, 9.17) is 40.9 Å². The Morgan fingerprint density at radius 1 is 0.882 bits per heavy atom. The number of hydrogen-bond donors (Lipinski definition) is 2. The monoisotopic (exact) mass is 712 g/mol. The molecule has 0 saturated carbocycles. The number of rotatable bonds is 12. The maximum atomic E-state index is 11.2. The summed E-state index contributed by atoms with van der Waals surface area (Å²) in [5.74, 6) is 1.53. The van der Waals surface area contributed by atoms with Crippen molar-refractivity contribution >= 4 is 28.5 Å². The first-order valence-electron chi connectivity index (χ1n) is 17.0. The van der Waals surface area contributed by atoms with E-state index < -0.39 is 5.97 Å². The number of fused-ring (bicyclic) bond motifs is 1. The van der Waals surface area contributed by atoms with Gasteiger partial charge in [-0.25, -0.2) is 9.67 Å². The van der Waals surface area contributed by atoms with E-state index in [9.17, 15) is 15.0 Å². The van der Waals surface area contributed by atoms with Gasteiger partial charge in [-0.3, -0.25) is 14.6 Å². The molecule has 13 heteroatoms. The summed E-state index contributed by atoms with van der Waals surface area (Å²) in [6, 6.07) is 17.7. The molecular weight excluding hydrogens is 672 g/mol. The Kier molecular flexibility index (Phi) is 10.1. The highest BCUT2D eigenvalue weighted by atomic mass is 35.5. The highest BCUT2D eigenvalue weighted by molar-refractivity contribution is 6.36. The van der Waals surface area contributed by atoms with Gasteiger partial charge in [0.2, 0.25) is 11.8 Å². The first kappa shape index (κ1) is 34.7. The third kappa shape index (κ3) is 7.09. The van der Waals surface area contributed by atoms with Crippen molar-refractivity contribution in [3.63, 3.8) is 0 Å². The number of aromatic nitrogens is 4. The number of aliphatic carboxylic acids is 1. The highest BCUT2D eigenvalue weighted by Gasteiger charge is 2.27. The molecule has 2 fully saturated rings. The summed E-state index contributed by atoms with van der Waals surface area (Å²) in [5.41, 5.74) is 5.77. The van der Waals surface area contributed by atoms with Crippen molar-refractivity contribution in [2.45, 2.75) is 38.5 Å². The molecule has 0 spiro atoms. The Morgan fingerprint density at radius 3 is 2.37 bits per heavy atom. The fourth-order valence-corrected chi connectivity index (χ4v) is 7.66. The highest BCUT2D eigenvalue weighted by Crippen LogP contribution is 2.40. The molecule has 0 aliphatic carbocycles. The number of likely N-dealkylation sites (tertiary alicyclic amines) is 2. The molecule has 266 valence electrons. The van der Waals surface area contributed by atoms with E-state index in [0.29, 0.717) is 53.7 Å². The minimum absolute atomic E-state index is 0.155. The van der Waals surface area contributed by atoms with E-state index in [1.54, 1.807) is 26.0 Å². The molecule has 5 heterocycles. The van der Waals surface area contributed by atoms with Crippen LogP contribution in [0.25, 0.3) is 39.1 Å². The summed E-state index contributed by atoms with van der Waals surface area (Å²) in [6.45, 7) is 4.13. The van der Waals surface area contributed by atoms with Crippen molar-refractivity contribution in [3.8, 4) is 45.7 Å². The van der Waals surface area contributed by atoms with Crippen molar-refractivity contribution in [1.29, 1.82) is 0 Å². The van der Waals surface area contributed by atoms with Gasteiger partial charge in [-0.1, -0.05) is 48.0 Å². The smallest absolute Gasteiger partial charge is 0.303 e. The molecule has 2 N–H and O–H groups in total. The Labute approximate surface area is 301 Å². The number of ether oxygens (including phenoxy) is 3. The van der Waals surface area contributed by atoms with Crippen LogP contribution in [0.15, 0.2) is 60.8 Å². The van der Waals surface area contributed by atoms with E-state index in [1.165, 1.54) is 0 Å². The molecule has 5 aromatic rings. The predicted octanol–water partition coefficient (Wildman–Crippen LogP) is 5.69. The van der Waals surface area contributed by atoms with Crippen LogP contribution in [0.4, 0.5) is 0 Å². The zero-order valence-corrected chi connectivity index (χ0v) is 29.6. The summed E-state index contributed by atoms with van der Waals surface area (Å²) in [6.07, 6.45) is 3.27. The Bertz CT molecular complexity index is 2050. The topological polar surface area (TPSA) is 135 Å². The van der Waals surface area contributed by atoms with E-state index >= 15 is 0 Å². The number of aliphatic hydroxyl groups is 1. The van der Waals surface area contributed by atoms with Crippen LogP contribution in [0.2, 0.25) is 5.02 Å². The van der Waals surface area contributed by atoms with Crippen LogP contribution in [-0.2, 0) is 17.9 Å². The number of pyridine rings is 2. The third-order valence-corrected chi connectivity index (χ3v) is 10.2. The number of halogens is 1. The Hall–Kier alpha value is -4.75. The van der Waals surface area contributed by atoms with E-state index in [2.05, 4.69) is 9.80 Å². The lowest BCUT2D eigenvalue weighted by Gasteiger charge is -2.20. The lowest BCUT2D eigenvalue weighted by Crippen LogP contribution is -2.22. The number of benzene rings is 2. The van der Waals surface area contributed by atoms with Gasteiger partial charge < -0.3 is 24.4 Å². The van der Waals surface area contributed by atoms with Crippen LogP contribution in [0.1, 0.15) is 30.4 Å². The van der Waals surface area contributed by atoms with E-state index in [-0.39, 0.29) is 18.4 Å². The minimum atomic E-state index is -0.755. The van der Waals surface area contributed by atoms with Gasteiger partial charge in [0, 0.05) is 67.3 Å². The summed E-state index contributed by atoms with van der Waals surface area (Å²) in [4.78, 5) is 25.3. The molecule has 2 atom stereocenters. The molecule has 2 saturated heterocycles. The molecule has 7 rings (SSSR count). The molecule has 2 aliphatic rings. The second-order valence-electron chi connectivity index (χ2n) is 13.2. The number of methoxy groups -OCH3 is 3. The van der Waals surface area contributed by atoms with Gasteiger partial charge in [0.15, 0.2) is 5.82 Å². The fourth-order valence-electron chi connectivity index (χ4n) is 7.33. The van der Waals surface area contributed by atoms with Crippen LogP contribution in [-0.4, -0.2) is 99.3 Å².